The summed E-state index contributed by atoms with van der Waals surface area (Å²) in [7, 11) is -4.71. The summed E-state index contributed by atoms with van der Waals surface area (Å²) in [6.07, 6.45) is 3.17. The number of anilines is 1. The van der Waals surface area contributed by atoms with Gasteiger partial charge in [-0.15, -0.1) is 0 Å². The monoisotopic (exact) mass is 355 g/mol. The fourth-order valence-corrected chi connectivity index (χ4v) is 2.72. The first-order valence-corrected chi connectivity index (χ1v) is 8.45. The Balaban J connectivity index is 2.07. The maximum Gasteiger partial charge on any atom is 0.341 e. The molecular formula is C15H15F2N3O3S. The Labute approximate surface area is 137 Å². The Morgan fingerprint density at radius 1 is 1.17 bits per heavy atom. The summed E-state index contributed by atoms with van der Waals surface area (Å²) < 4.78 is 48.0. The van der Waals surface area contributed by atoms with Crippen LogP contribution in [0.15, 0.2) is 53.7 Å². The molecule has 1 aromatic heterocycles. The van der Waals surface area contributed by atoms with Crippen LogP contribution in [0.1, 0.15) is 18.5 Å². The molecule has 0 aliphatic heterocycles. The first-order chi connectivity index (χ1) is 11.3. The normalized spacial score (nSPS) is 12.7. The molecule has 2 amide bonds. The van der Waals surface area contributed by atoms with Crippen LogP contribution < -0.4 is 10.6 Å². The molecule has 0 spiro atoms. The first-order valence-electron chi connectivity index (χ1n) is 6.90. The average molecular weight is 355 g/mol. The van der Waals surface area contributed by atoms with E-state index in [-0.39, 0.29) is 11.7 Å². The van der Waals surface area contributed by atoms with Gasteiger partial charge in [0.1, 0.15) is 0 Å². The summed E-state index contributed by atoms with van der Waals surface area (Å²) in [5.41, 5.74) is 0.922. The molecule has 1 atom stereocenters. The number of nitrogens with zero attached hydrogens (tertiary/aromatic N) is 1. The number of hydrogen-bond acceptors (Lipinski definition) is 4. The van der Waals surface area contributed by atoms with Gasteiger partial charge in [0.05, 0.1) is 10.9 Å². The highest BCUT2D eigenvalue weighted by atomic mass is 32.2. The molecule has 2 N–H and O–H groups in total. The number of amides is 2. The highest BCUT2D eigenvalue weighted by Gasteiger charge is 2.26. The molecule has 0 fully saturated rings. The SMILES string of the molecule is CC(NC(=O)Nc1cccc(S(=O)(=O)C(F)F)c1)c1ccncc1. The number of hydrogen-bond donors (Lipinski definition) is 2. The lowest BCUT2D eigenvalue weighted by Gasteiger charge is -2.15. The summed E-state index contributed by atoms with van der Waals surface area (Å²) in [6.45, 7) is 1.76. The van der Waals surface area contributed by atoms with Gasteiger partial charge in [0.25, 0.3) is 0 Å². The lowest BCUT2D eigenvalue weighted by atomic mass is 10.1. The molecule has 1 aromatic carbocycles. The molecular weight excluding hydrogens is 340 g/mol. The number of urea groups is 1. The van der Waals surface area contributed by atoms with Gasteiger partial charge >= 0.3 is 11.8 Å². The van der Waals surface area contributed by atoms with Gasteiger partial charge in [-0.3, -0.25) is 4.98 Å². The largest absolute Gasteiger partial charge is 0.341 e. The molecule has 0 bridgehead atoms. The van der Waals surface area contributed by atoms with Crippen LogP contribution in [0, 0.1) is 0 Å². The summed E-state index contributed by atoms with van der Waals surface area (Å²) in [6, 6.07) is 7.27. The van der Waals surface area contributed by atoms with E-state index >= 15 is 0 Å². The van der Waals surface area contributed by atoms with E-state index in [2.05, 4.69) is 15.6 Å². The highest BCUT2D eigenvalue weighted by molar-refractivity contribution is 7.91. The van der Waals surface area contributed by atoms with Gasteiger partial charge in [0.2, 0.25) is 9.84 Å². The summed E-state index contributed by atoms with van der Waals surface area (Å²) in [4.78, 5) is 15.3. The van der Waals surface area contributed by atoms with Gasteiger partial charge in [-0.2, -0.15) is 8.78 Å². The molecule has 0 radical (unpaired) electrons. The van der Waals surface area contributed by atoms with E-state index in [0.29, 0.717) is 0 Å². The Morgan fingerprint density at radius 2 is 1.83 bits per heavy atom. The lowest BCUT2D eigenvalue weighted by Crippen LogP contribution is -2.31. The van der Waals surface area contributed by atoms with Crippen LogP contribution in [0.4, 0.5) is 19.3 Å². The van der Waals surface area contributed by atoms with Crippen molar-refractivity contribution >= 4 is 21.6 Å². The number of nitrogens with one attached hydrogen (secondary N) is 2. The molecule has 24 heavy (non-hydrogen) atoms. The third-order valence-corrected chi connectivity index (χ3v) is 4.59. The number of carbonyl (C=O) groups excluding carboxylic acids is 1. The van der Waals surface area contributed by atoms with Gasteiger partial charge in [-0.05, 0) is 42.8 Å². The molecule has 0 saturated heterocycles. The minimum atomic E-state index is -4.71. The Kier molecular flexibility index (Phi) is 5.45. The van der Waals surface area contributed by atoms with Crippen LogP contribution in [0.5, 0.6) is 0 Å². The van der Waals surface area contributed by atoms with Gasteiger partial charge in [0, 0.05) is 18.1 Å². The van der Waals surface area contributed by atoms with Crippen molar-refractivity contribution < 1.29 is 22.0 Å². The molecule has 0 aliphatic carbocycles. The second kappa shape index (κ2) is 7.35. The minimum Gasteiger partial charge on any atom is -0.331 e. The van der Waals surface area contributed by atoms with E-state index in [0.717, 1.165) is 17.7 Å². The van der Waals surface area contributed by atoms with E-state index < -0.39 is 26.5 Å². The van der Waals surface area contributed by atoms with Crippen LogP contribution in [-0.2, 0) is 9.84 Å². The molecule has 1 heterocycles. The number of pyridine rings is 1. The van der Waals surface area contributed by atoms with E-state index in [1.54, 1.807) is 31.5 Å². The Bertz CT molecular complexity index is 814. The fraction of sp³-hybridized carbons (Fsp3) is 0.200. The standard InChI is InChI=1S/C15H15F2N3O3S/c1-10(11-5-7-18-8-6-11)19-15(21)20-12-3-2-4-13(9-12)24(22,23)14(16)17/h2-10,14H,1H3,(H2,19,20,21). The summed E-state index contributed by atoms with van der Waals surface area (Å²) >= 11 is 0. The van der Waals surface area contributed by atoms with Gasteiger partial charge in [-0.1, -0.05) is 6.07 Å². The third kappa shape index (κ3) is 4.25. The van der Waals surface area contributed by atoms with Crippen LogP contribution >= 0.6 is 0 Å². The second-order valence-corrected chi connectivity index (χ2v) is 6.85. The van der Waals surface area contributed by atoms with Crippen molar-refractivity contribution in [3.63, 3.8) is 0 Å². The fourth-order valence-electron chi connectivity index (χ4n) is 1.95. The van der Waals surface area contributed by atoms with Crippen molar-refractivity contribution in [3.8, 4) is 0 Å². The predicted molar refractivity (Wildman–Crippen MR) is 84.4 cm³/mol. The van der Waals surface area contributed by atoms with Gasteiger partial charge in [0.15, 0.2) is 0 Å². The topological polar surface area (TPSA) is 88.2 Å². The van der Waals surface area contributed by atoms with Crippen molar-refractivity contribution in [3.05, 3.63) is 54.4 Å². The molecule has 6 nitrogen and oxygen atoms in total. The number of alkyl halides is 2. The maximum absolute atomic E-state index is 12.6. The quantitative estimate of drug-likeness (QED) is 0.863. The lowest BCUT2D eigenvalue weighted by molar-refractivity contribution is 0.235. The van der Waals surface area contributed by atoms with E-state index in [1.165, 1.54) is 12.1 Å². The smallest absolute Gasteiger partial charge is 0.331 e. The van der Waals surface area contributed by atoms with Crippen LogP contribution in [0.25, 0.3) is 0 Å². The summed E-state index contributed by atoms with van der Waals surface area (Å²) in [5, 5.41) is 5.07. The van der Waals surface area contributed by atoms with Gasteiger partial charge in [-0.25, -0.2) is 13.2 Å². The molecule has 9 heteroatoms. The van der Waals surface area contributed by atoms with Gasteiger partial charge < -0.3 is 10.6 Å². The zero-order valence-corrected chi connectivity index (χ0v) is 13.4. The zero-order valence-electron chi connectivity index (χ0n) is 12.6. The second-order valence-electron chi connectivity index (χ2n) is 4.93. The number of sulfone groups is 1. The van der Waals surface area contributed by atoms with Crippen LogP contribution in [-0.4, -0.2) is 25.2 Å². The van der Waals surface area contributed by atoms with Crippen molar-refractivity contribution in [1.82, 2.24) is 10.3 Å². The van der Waals surface area contributed by atoms with E-state index in [1.807, 2.05) is 0 Å². The number of aromatic nitrogens is 1. The molecule has 1 unspecified atom stereocenters. The minimum absolute atomic E-state index is 0.0937. The van der Waals surface area contributed by atoms with Crippen LogP contribution in [0.2, 0.25) is 0 Å². The highest BCUT2D eigenvalue weighted by Crippen LogP contribution is 2.21. The Hall–Kier alpha value is -2.55. The number of halogens is 2. The molecule has 2 aromatic rings. The van der Waals surface area contributed by atoms with Crippen molar-refractivity contribution in [2.75, 3.05) is 5.32 Å². The zero-order chi connectivity index (χ0) is 17.7. The number of rotatable bonds is 5. The predicted octanol–water partition coefficient (Wildman–Crippen LogP) is 2.96. The van der Waals surface area contributed by atoms with Crippen LogP contribution in [0.3, 0.4) is 0 Å². The molecule has 0 saturated carbocycles. The third-order valence-electron chi connectivity index (χ3n) is 3.21. The van der Waals surface area contributed by atoms with Crippen molar-refractivity contribution in [1.29, 1.82) is 0 Å². The maximum atomic E-state index is 12.6. The first kappa shape index (κ1) is 17.8. The average Bonchev–Trinajstić information content (AvgIpc) is 2.55. The number of carbonyl (C=O) groups is 1. The number of benzene rings is 1. The van der Waals surface area contributed by atoms with E-state index in [9.17, 15) is 22.0 Å². The molecule has 2 rings (SSSR count). The van der Waals surface area contributed by atoms with Crippen molar-refractivity contribution in [2.24, 2.45) is 0 Å². The summed E-state index contributed by atoms with van der Waals surface area (Å²) in [5.74, 6) is -3.52. The van der Waals surface area contributed by atoms with E-state index in [4.69, 9.17) is 0 Å². The molecule has 0 aliphatic rings. The Morgan fingerprint density at radius 3 is 2.46 bits per heavy atom. The molecule has 128 valence electrons. The van der Waals surface area contributed by atoms with Crippen molar-refractivity contribution in [2.45, 2.75) is 23.6 Å².